The molecule has 0 aliphatic carbocycles. The Morgan fingerprint density at radius 3 is 2.29 bits per heavy atom. The molecule has 194 valence electrons. The maximum Gasteiger partial charge on any atom is 0.337 e. The van der Waals surface area contributed by atoms with E-state index < -0.39 is 12.0 Å². The Bertz CT molecular complexity index is 881. The number of allylic oxidation sites excluding steroid dienone is 1. The molecule has 1 aromatic carbocycles. The normalized spacial score (nSPS) is 15.7. The van der Waals surface area contributed by atoms with Crippen molar-refractivity contribution in [1.29, 1.82) is 0 Å². The van der Waals surface area contributed by atoms with Crippen molar-refractivity contribution in [1.82, 2.24) is 10.2 Å². The standard InChI is InChI=1S/C28H43N3O4/c1-5-7-8-9-10-11-12-13-14-18-24(32)29-23-17-15-16-22(20-23)26-25(27(33)35-4)21(3)31(19-6-2)28(34)30-26/h15-17,20,26H,5-14,18-19H2,1-4H3,(H,29,32)(H,30,34). The first-order valence-corrected chi connectivity index (χ1v) is 13.2. The zero-order valence-electron chi connectivity index (χ0n) is 22.0. The molecule has 1 unspecified atom stereocenters. The molecular weight excluding hydrogens is 442 g/mol. The first-order valence-electron chi connectivity index (χ1n) is 13.2. The number of carbonyl (C=O) groups excluding carboxylic acids is 3. The van der Waals surface area contributed by atoms with Crippen molar-refractivity contribution in [2.24, 2.45) is 0 Å². The molecule has 1 aliphatic rings. The fraction of sp³-hybridized carbons (Fsp3) is 0.607. The van der Waals surface area contributed by atoms with E-state index in [2.05, 4.69) is 17.6 Å². The van der Waals surface area contributed by atoms with Gasteiger partial charge in [-0.15, -0.1) is 0 Å². The molecule has 7 heteroatoms. The van der Waals surface area contributed by atoms with Crippen molar-refractivity contribution in [3.63, 3.8) is 0 Å². The summed E-state index contributed by atoms with van der Waals surface area (Å²) in [4.78, 5) is 39.4. The molecule has 3 amide bonds. The number of anilines is 1. The van der Waals surface area contributed by atoms with Crippen LogP contribution in [-0.2, 0) is 14.3 Å². The molecule has 2 rings (SSSR count). The van der Waals surface area contributed by atoms with Gasteiger partial charge in [0.1, 0.15) is 0 Å². The number of nitrogens with one attached hydrogen (secondary N) is 2. The molecule has 1 heterocycles. The van der Waals surface area contributed by atoms with Gasteiger partial charge >= 0.3 is 12.0 Å². The van der Waals surface area contributed by atoms with Gasteiger partial charge < -0.3 is 15.4 Å². The Kier molecular flexibility index (Phi) is 12.4. The number of unbranched alkanes of at least 4 members (excludes halogenated alkanes) is 8. The van der Waals surface area contributed by atoms with E-state index in [1.54, 1.807) is 11.8 Å². The number of ether oxygens (including phenoxy) is 1. The number of nitrogens with zero attached hydrogens (tertiary/aromatic N) is 1. The first-order chi connectivity index (χ1) is 16.9. The molecule has 0 radical (unpaired) electrons. The maximum absolute atomic E-state index is 12.7. The highest BCUT2D eigenvalue weighted by molar-refractivity contribution is 5.95. The molecule has 1 aliphatic heterocycles. The summed E-state index contributed by atoms with van der Waals surface area (Å²) in [5.41, 5.74) is 2.36. The van der Waals surface area contributed by atoms with Gasteiger partial charge in [0.05, 0.1) is 18.7 Å². The van der Waals surface area contributed by atoms with Crippen LogP contribution in [0.15, 0.2) is 35.5 Å². The van der Waals surface area contributed by atoms with Crippen molar-refractivity contribution >= 4 is 23.6 Å². The van der Waals surface area contributed by atoms with Crippen molar-refractivity contribution in [2.75, 3.05) is 19.0 Å². The van der Waals surface area contributed by atoms with Crippen molar-refractivity contribution in [3.05, 3.63) is 41.1 Å². The summed E-state index contributed by atoms with van der Waals surface area (Å²) in [6.45, 7) is 6.49. The van der Waals surface area contributed by atoms with Crippen LogP contribution < -0.4 is 10.6 Å². The minimum atomic E-state index is -0.641. The summed E-state index contributed by atoms with van der Waals surface area (Å²) in [5, 5.41) is 5.89. The molecule has 1 atom stereocenters. The van der Waals surface area contributed by atoms with Crippen LogP contribution in [0.25, 0.3) is 0 Å². The number of hydrogen-bond acceptors (Lipinski definition) is 4. The Morgan fingerprint density at radius 1 is 1.00 bits per heavy atom. The van der Waals surface area contributed by atoms with Crippen LogP contribution in [-0.4, -0.2) is 36.5 Å². The molecule has 0 spiro atoms. The molecular formula is C28H43N3O4. The summed E-state index contributed by atoms with van der Waals surface area (Å²) in [6, 6.07) is 6.40. The predicted molar refractivity (Wildman–Crippen MR) is 140 cm³/mol. The maximum atomic E-state index is 12.7. The Balaban J connectivity index is 1.96. The largest absolute Gasteiger partial charge is 0.466 e. The number of carbonyl (C=O) groups is 3. The summed E-state index contributed by atoms with van der Waals surface area (Å²) >= 11 is 0. The highest BCUT2D eigenvalue weighted by Gasteiger charge is 2.36. The number of rotatable bonds is 15. The van der Waals surface area contributed by atoms with Gasteiger partial charge in [-0.25, -0.2) is 9.59 Å². The zero-order valence-corrected chi connectivity index (χ0v) is 22.0. The van der Waals surface area contributed by atoms with Gasteiger partial charge in [0.15, 0.2) is 0 Å². The molecule has 0 saturated carbocycles. The first kappa shape index (κ1) is 28.4. The number of methoxy groups -OCH3 is 1. The van der Waals surface area contributed by atoms with E-state index in [0.717, 1.165) is 24.8 Å². The van der Waals surface area contributed by atoms with Gasteiger partial charge in [0, 0.05) is 24.4 Å². The van der Waals surface area contributed by atoms with E-state index >= 15 is 0 Å². The van der Waals surface area contributed by atoms with Crippen LogP contribution in [0.1, 0.15) is 103 Å². The van der Waals surface area contributed by atoms with Crippen molar-refractivity contribution in [3.8, 4) is 0 Å². The Morgan fingerprint density at radius 2 is 1.66 bits per heavy atom. The lowest BCUT2D eigenvalue weighted by atomic mass is 9.94. The van der Waals surface area contributed by atoms with E-state index in [1.807, 2.05) is 31.2 Å². The molecule has 0 saturated heterocycles. The average molecular weight is 486 g/mol. The van der Waals surface area contributed by atoms with Crippen LogP contribution in [0.4, 0.5) is 10.5 Å². The monoisotopic (exact) mass is 485 g/mol. The number of benzene rings is 1. The lowest BCUT2D eigenvalue weighted by Gasteiger charge is -2.35. The third kappa shape index (κ3) is 8.71. The van der Waals surface area contributed by atoms with Gasteiger partial charge in [-0.3, -0.25) is 9.69 Å². The lowest BCUT2D eigenvalue weighted by molar-refractivity contribution is -0.136. The molecule has 0 aromatic heterocycles. The van der Waals surface area contributed by atoms with Gasteiger partial charge in [0.25, 0.3) is 0 Å². The van der Waals surface area contributed by atoms with E-state index in [-0.39, 0.29) is 11.9 Å². The highest BCUT2D eigenvalue weighted by atomic mass is 16.5. The van der Waals surface area contributed by atoms with Crippen LogP contribution in [0.5, 0.6) is 0 Å². The fourth-order valence-electron chi connectivity index (χ4n) is 4.51. The van der Waals surface area contributed by atoms with Crippen LogP contribution in [0, 0.1) is 0 Å². The Hall–Kier alpha value is -2.83. The van der Waals surface area contributed by atoms with Crippen LogP contribution in [0.2, 0.25) is 0 Å². The fourth-order valence-corrected chi connectivity index (χ4v) is 4.51. The SMILES string of the molecule is CCCCCCCCCCCC(=O)Nc1cccc(C2NC(=O)N(CCC)C(C)=C2C(=O)OC)c1. The second kappa shape index (κ2) is 15.2. The second-order valence-electron chi connectivity index (χ2n) is 9.28. The van der Waals surface area contributed by atoms with Gasteiger partial charge in [-0.2, -0.15) is 0 Å². The van der Waals surface area contributed by atoms with Crippen LogP contribution >= 0.6 is 0 Å². The highest BCUT2D eigenvalue weighted by Crippen LogP contribution is 2.32. The zero-order chi connectivity index (χ0) is 25.6. The summed E-state index contributed by atoms with van der Waals surface area (Å²) in [5.74, 6) is -0.500. The molecule has 2 N–H and O–H groups in total. The van der Waals surface area contributed by atoms with Gasteiger partial charge in [-0.1, -0.05) is 77.3 Å². The summed E-state index contributed by atoms with van der Waals surface area (Å²) < 4.78 is 5.02. The molecule has 35 heavy (non-hydrogen) atoms. The molecule has 0 fully saturated rings. The van der Waals surface area contributed by atoms with E-state index in [1.165, 1.54) is 52.1 Å². The third-order valence-corrected chi connectivity index (χ3v) is 6.46. The van der Waals surface area contributed by atoms with E-state index in [9.17, 15) is 14.4 Å². The van der Waals surface area contributed by atoms with Crippen molar-refractivity contribution in [2.45, 2.75) is 97.4 Å². The quantitative estimate of drug-likeness (QED) is 0.220. The number of urea groups is 1. The van der Waals surface area contributed by atoms with Gasteiger partial charge in [0.2, 0.25) is 5.91 Å². The van der Waals surface area contributed by atoms with E-state index in [4.69, 9.17) is 4.74 Å². The van der Waals surface area contributed by atoms with Gasteiger partial charge in [-0.05, 0) is 37.5 Å². The van der Waals surface area contributed by atoms with E-state index in [0.29, 0.717) is 29.9 Å². The predicted octanol–water partition coefficient (Wildman–Crippen LogP) is 6.47. The minimum Gasteiger partial charge on any atom is -0.466 e. The van der Waals surface area contributed by atoms with Crippen molar-refractivity contribution < 1.29 is 19.1 Å². The second-order valence-corrected chi connectivity index (χ2v) is 9.28. The smallest absolute Gasteiger partial charge is 0.337 e. The average Bonchev–Trinajstić information content (AvgIpc) is 2.85. The molecule has 7 nitrogen and oxygen atoms in total. The molecule has 1 aromatic rings. The Labute approximate surface area is 210 Å². The minimum absolute atomic E-state index is 0.0215. The summed E-state index contributed by atoms with van der Waals surface area (Å²) in [7, 11) is 1.34. The topological polar surface area (TPSA) is 87.7 Å². The lowest BCUT2D eigenvalue weighted by Crippen LogP contribution is -2.48. The molecule has 0 bridgehead atoms. The van der Waals surface area contributed by atoms with Crippen LogP contribution in [0.3, 0.4) is 0 Å². The third-order valence-electron chi connectivity index (χ3n) is 6.46. The number of hydrogen-bond donors (Lipinski definition) is 2. The summed E-state index contributed by atoms with van der Waals surface area (Å²) in [6.07, 6.45) is 12.1. The number of esters is 1. The number of amides is 3.